The third-order valence-electron chi connectivity index (χ3n) is 5.12. The van der Waals surface area contributed by atoms with E-state index in [0.29, 0.717) is 19.1 Å². The molecule has 2 aromatic rings. The van der Waals surface area contributed by atoms with E-state index in [2.05, 4.69) is 21.5 Å². The van der Waals surface area contributed by atoms with E-state index in [1.165, 1.54) is 18.4 Å². The van der Waals surface area contributed by atoms with Gasteiger partial charge >= 0.3 is 0 Å². The molecule has 2 aliphatic carbocycles. The van der Waals surface area contributed by atoms with Crippen LogP contribution in [-0.2, 0) is 11.3 Å². The van der Waals surface area contributed by atoms with Crippen LogP contribution in [-0.4, -0.2) is 64.0 Å². The largest absolute Gasteiger partial charge is 0.345 e. The fraction of sp³-hybridized carbons (Fsp3) is 0.500. The maximum Gasteiger partial charge on any atom is 0.236 e. The molecule has 1 N–H and O–H groups in total. The Morgan fingerprint density at radius 1 is 1.41 bits per heavy atom. The van der Waals surface area contributed by atoms with E-state index in [1.54, 1.807) is 11.1 Å². The van der Waals surface area contributed by atoms with Crippen molar-refractivity contribution >= 4 is 11.6 Å². The Bertz CT molecular complexity index is 812. The molecule has 1 amide bonds. The molecule has 1 fully saturated rings. The van der Waals surface area contributed by atoms with Gasteiger partial charge in [-0.15, -0.1) is 0 Å². The number of nitrogens with zero attached hydrogens (tertiary/aromatic N) is 5. The summed E-state index contributed by atoms with van der Waals surface area (Å²) in [6, 6.07) is 6.55. The molecular formula is C20H26N6O. The van der Waals surface area contributed by atoms with Crippen molar-refractivity contribution in [2.24, 2.45) is 4.99 Å². The monoisotopic (exact) mass is 366 g/mol. The molecule has 7 heteroatoms. The molecule has 0 aromatic carbocycles. The third kappa shape index (κ3) is 4.42. The lowest BCUT2D eigenvalue weighted by Crippen LogP contribution is -2.38. The highest BCUT2D eigenvalue weighted by molar-refractivity contribution is 6.08. The Morgan fingerprint density at radius 2 is 2.30 bits per heavy atom. The van der Waals surface area contributed by atoms with Gasteiger partial charge in [0.05, 0.1) is 29.9 Å². The normalized spacial score (nSPS) is 19.6. The zero-order chi connectivity index (χ0) is 18.6. The van der Waals surface area contributed by atoms with Crippen molar-refractivity contribution in [3.63, 3.8) is 0 Å². The topological polar surface area (TPSA) is 75.4 Å². The first-order chi connectivity index (χ1) is 13.2. The van der Waals surface area contributed by atoms with E-state index < -0.39 is 0 Å². The number of nitrogens with one attached hydrogen (secondary N) is 1. The van der Waals surface area contributed by atoms with Crippen LogP contribution in [0.4, 0.5) is 0 Å². The molecule has 0 aliphatic heterocycles. The van der Waals surface area contributed by atoms with Gasteiger partial charge in [0.2, 0.25) is 5.91 Å². The molecule has 2 aromatic heterocycles. The van der Waals surface area contributed by atoms with Crippen molar-refractivity contribution in [1.29, 1.82) is 0 Å². The summed E-state index contributed by atoms with van der Waals surface area (Å²) in [5.41, 5.74) is 3.37. The Labute approximate surface area is 159 Å². The molecule has 2 bridgehead atoms. The number of carbonyl (C=O) groups is 1. The summed E-state index contributed by atoms with van der Waals surface area (Å²) in [6.07, 6.45) is 8.83. The number of pyridine rings is 1. The van der Waals surface area contributed by atoms with Gasteiger partial charge in [-0.25, -0.2) is 0 Å². The van der Waals surface area contributed by atoms with Crippen molar-refractivity contribution in [1.82, 2.24) is 25.0 Å². The van der Waals surface area contributed by atoms with Crippen molar-refractivity contribution in [2.75, 3.05) is 26.7 Å². The Hall–Kier alpha value is -2.54. The van der Waals surface area contributed by atoms with Gasteiger partial charge in [0.25, 0.3) is 0 Å². The number of aliphatic imine (C=N–C) groups is 1. The first-order valence-electron chi connectivity index (χ1n) is 9.67. The van der Waals surface area contributed by atoms with Crippen molar-refractivity contribution in [3.05, 3.63) is 48.0 Å². The predicted octanol–water partition coefficient (Wildman–Crippen LogP) is 1.47. The van der Waals surface area contributed by atoms with Gasteiger partial charge in [-0.2, -0.15) is 5.10 Å². The summed E-state index contributed by atoms with van der Waals surface area (Å²) in [7, 11) is 1.85. The van der Waals surface area contributed by atoms with Crippen LogP contribution in [0, 0.1) is 0 Å². The second-order valence-electron chi connectivity index (χ2n) is 7.34. The van der Waals surface area contributed by atoms with Crippen LogP contribution in [0.1, 0.15) is 36.4 Å². The highest BCUT2D eigenvalue weighted by Gasteiger charge is 2.31. The van der Waals surface area contributed by atoms with E-state index in [9.17, 15) is 4.79 Å². The van der Waals surface area contributed by atoms with Crippen LogP contribution in [0.3, 0.4) is 0 Å². The summed E-state index contributed by atoms with van der Waals surface area (Å²) in [6.45, 7) is 2.57. The van der Waals surface area contributed by atoms with E-state index in [4.69, 9.17) is 4.99 Å². The summed E-state index contributed by atoms with van der Waals surface area (Å²) >= 11 is 0. The Morgan fingerprint density at radius 3 is 3.07 bits per heavy atom. The quantitative estimate of drug-likeness (QED) is 0.729. The molecule has 1 saturated carbocycles. The molecule has 142 valence electrons. The molecule has 0 saturated heterocycles. The number of aryl methyl sites for hydroxylation is 1. The number of rotatable bonds is 9. The van der Waals surface area contributed by atoms with Crippen LogP contribution in [0.15, 0.2) is 41.8 Å². The highest BCUT2D eigenvalue weighted by atomic mass is 16.2. The lowest BCUT2D eigenvalue weighted by Gasteiger charge is -2.19. The molecule has 1 unspecified atom stereocenters. The van der Waals surface area contributed by atoms with Crippen molar-refractivity contribution < 1.29 is 4.79 Å². The molecule has 7 nitrogen and oxygen atoms in total. The second-order valence-corrected chi connectivity index (χ2v) is 7.34. The smallest absolute Gasteiger partial charge is 0.236 e. The number of fused-ring (bicyclic) bond motifs is 2. The number of hydrogen-bond acceptors (Lipinski definition) is 5. The zero-order valence-corrected chi connectivity index (χ0v) is 15.7. The van der Waals surface area contributed by atoms with Gasteiger partial charge in [-0.1, -0.05) is 0 Å². The van der Waals surface area contributed by atoms with E-state index in [-0.39, 0.29) is 11.8 Å². The summed E-state index contributed by atoms with van der Waals surface area (Å²) in [5.74, 6) is 0.266. The summed E-state index contributed by atoms with van der Waals surface area (Å²) in [5, 5.41) is 7.50. The molecule has 4 rings (SSSR count). The Kier molecular flexibility index (Phi) is 5.29. The minimum Gasteiger partial charge on any atom is -0.345 e. The van der Waals surface area contributed by atoms with E-state index in [1.807, 2.05) is 36.3 Å². The number of amides is 1. The third-order valence-corrected chi connectivity index (χ3v) is 5.12. The molecule has 1 atom stereocenters. The first kappa shape index (κ1) is 17.9. The minimum absolute atomic E-state index is 0.105. The number of hydrogen-bond donors (Lipinski definition) is 1. The van der Waals surface area contributed by atoms with E-state index in [0.717, 1.165) is 30.9 Å². The molecule has 2 aliphatic rings. The SMILES string of the molecule is CN(CCCn1cccn1)C(=O)CNCC1C(=NC2CC2)c2ccnc1c2. The summed E-state index contributed by atoms with van der Waals surface area (Å²) in [4.78, 5) is 23.5. The molecular weight excluding hydrogens is 340 g/mol. The maximum atomic E-state index is 12.4. The molecule has 0 spiro atoms. The average Bonchev–Trinajstić information content (AvgIpc) is 3.29. The van der Waals surface area contributed by atoms with E-state index >= 15 is 0 Å². The lowest BCUT2D eigenvalue weighted by molar-refractivity contribution is -0.129. The number of carbonyl (C=O) groups excluding carboxylic acids is 1. The second kappa shape index (κ2) is 8.00. The van der Waals surface area contributed by atoms with Gasteiger partial charge in [0.1, 0.15) is 0 Å². The van der Waals surface area contributed by atoms with Crippen molar-refractivity contribution in [2.45, 2.75) is 37.8 Å². The molecule has 27 heavy (non-hydrogen) atoms. The van der Waals surface area contributed by atoms with Crippen molar-refractivity contribution in [3.8, 4) is 0 Å². The minimum atomic E-state index is 0.105. The fourth-order valence-electron chi connectivity index (χ4n) is 3.39. The Balaban J connectivity index is 1.23. The van der Waals surface area contributed by atoms with Gasteiger partial charge in [0.15, 0.2) is 0 Å². The van der Waals surface area contributed by atoms with Crippen LogP contribution in [0.25, 0.3) is 0 Å². The standard InChI is InChI=1S/C20H26N6O/c1-25(9-3-11-26-10-2-7-23-26)19(27)14-21-13-17-18-12-15(6-8-22-18)20(17)24-16-4-5-16/h2,6-8,10,12,16-17,21H,3-5,9,11,13-14H2,1H3. The van der Waals surface area contributed by atoms with Gasteiger partial charge in [-0.3, -0.25) is 19.5 Å². The van der Waals surface area contributed by atoms with Crippen LogP contribution < -0.4 is 5.32 Å². The van der Waals surface area contributed by atoms with Crippen LogP contribution in [0.5, 0.6) is 0 Å². The zero-order valence-electron chi connectivity index (χ0n) is 15.7. The average molecular weight is 366 g/mol. The number of likely N-dealkylation sites (N-methyl/N-ethyl adjacent to an activating group) is 1. The number of aromatic nitrogens is 3. The van der Waals surface area contributed by atoms with Crippen LogP contribution >= 0.6 is 0 Å². The van der Waals surface area contributed by atoms with Gasteiger partial charge in [-0.05, 0) is 43.0 Å². The van der Waals surface area contributed by atoms with Crippen LogP contribution in [0.2, 0.25) is 0 Å². The summed E-state index contributed by atoms with van der Waals surface area (Å²) < 4.78 is 1.89. The fourth-order valence-corrected chi connectivity index (χ4v) is 3.39. The molecule has 0 radical (unpaired) electrons. The highest BCUT2D eigenvalue weighted by Crippen LogP contribution is 2.32. The first-order valence-corrected chi connectivity index (χ1v) is 9.67. The lowest BCUT2D eigenvalue weighted by atomic mass is 10.0. The molecule has 2 heterocycles. The van der Waals surface area contributed by atoms with Gasteiger partial charge < -0.3 is 10.2 Å². The maximum absolute atomic E-state index is 12.4. The predicted molar refractivity (Wildman–Crippen MR) is 104 cm³/mol. The van der Waals surface area contributed by atoms with Gasteiger partial charge in [0, 0.05) is 45.3 Å².